The molecule has 0 saturated carbocycles. The van der Waals surface area contributed by atoms with Crippen molar-refractivity contribution in [2.75, 3.05) is 0 Å². The number of nitrogens with zero attached hydrogens (tertiary/aromatic N) is 3. The lowest BCUT2D eigenvalue weighted by Gasteiger charge is -1.88. The summed E-state index contributed by atoms with van der Waals surface area (Å²) in [7, 11) is 0. The maximum atomic E-state index is 4.57. The largest absolute Gasteiger partial charge is 0.345 e. The molecule has 11 heavy (non-hydrogen) atoms. The van der Waals surface area contributed by atoms with Crippen molar-refractivity contribution in [1.29, 1.82) is 0 Å². The highest BCUT2D eigenvalue weighted by Crippen LogP contribution is 2.10. The van der Waals surface area contributed by atoms with Gasteiger partial charge in [0.2, 0.25) is 0 Å². The molecule has 0 atom stereocenters. The molecule has 0 aliphatic rings. The van der Waals surface area contributed by atoms with Gasteiger partial charge in [-0.2, -0.15) is 0 Å². The van der Waals surface area contributed by atoms with Crippen LogP contribution < -0.4 is 0 Å². The second-order valence-electron chi connectivity index (χ2n) is 2.01. The minimum absolute atomic E-state index is 0.658. The summed E-state index contributed by atoms with van der Waals surface area (Å²) in [6, 6.07) is 5.58. The smallest absolute Gasteiger partial charge is 0.153 e. The molecule has 0 N–H and O–H groups in total. The lowest BCUT2D eigenvalue weighted by Crippen LogP contribution is -1.80. The highest BCUT2D eigenvalue weighted by atomic mass is 16.5. The van der Waals surface area contributed by atoms with Crippen LogP contribution in [0.1, 0.15) is 0 Å². The molecule has 0 aromatic carbocycles. The van der Waals surface area contributed by atoms with Gasteiger partial charge in [0.1, 0.15) is 0 Å². The minimum Gasteiger partial charge on any atom is -0.345 e. The standard InChI is InChI=1S/C7H5N3O/c1-2-4-8-6(3-1)7-5-11-10-9-7/h1-5H. The number of pyridine rings is 1. The van der Waals surface area contributed by atoms with E-state index < -0.39 is 0 Å². The van der Waals surface area contributed by atoms with Crippen molar-refractivity contribution >= 4 is 0 Å². The molecule has 0 radical (unpaired) electrons. The summed E-state index contributed by atoms with van der Waals surface area (Å²) in [6.07, 6.45) is 3.16. The van der Waals surface area contributed by atoms with Gasteiger partial charge in [0.25, 0.3) is 0 Å². The average Bonchev–Trinajstić information content (AvgIpc) is 2.58. The molecular weight excluding hydrogens is 142 g/mol. The van der Waals surface area contributed by atoms with Crippen molar-refractivity contribution in [1.82, 2.24) is 15.4 Å². The molecule has 0 saturated heterocycles. The van der Waals surface area contributed by atoms with E-state index in [1.54, 1.807) is 6.20 Å². The quantitative estimate of drug-likeness (QED) is 0.606. The molecule has 0 amide bonds. The summed E-state index contributed by atoms with van der Waals surface area (Å²) in [5, 5.41) is 7.04. The van der Waals surface area contributed by atoms with E-state index in [2.05, 4.69) is 19.9 Å². The normalized spacial score (nSPS) is 9.82. The second-order valence-corrected chi connectivity index (χ2v) is 2.01. The molecule has 0 aliphatic carbocycles. The number of aromatic nitrogens is 3. The molecule has 2 aromatic rings. The van der Waals surface area contributed by atoms with E-state index in [4.69, 9.17) is 0 Å². The maximum absolute atomic E-state index is 4.57. The van der Waals surface area contributed by atoms with E-state index in [-0.39, 0.29) is 0 Å². The van der Waals surface area contributed by atoms with Crippen LogP contribution in [-0.4, -0.2) is 15.4 Å². The molecule has 4 heteroatoms. The zero-order valence-electron chi connectivity index (χ0n) is 5.64. The van der Waals surface area contributed by atoms with Crippen molar-refractivity contribution in [2.24, 2.45) is 0 Å². The van der Waals surface area contributed by atoms with Gasteiger partial charge in [-0.3, -0.25) is 4.98 Å². The van der Waals surface area contributed by atoms with Gasteiger partial charge in [-0.1, -0.05) is 6.07 Å². The summed E-state index contributed by atoms with van der Waals surface area (Å²) >= 11 is 0. The fourth-order valence-corrected chi connectivity index (χ4v) is 0.790. The lowest BCUT2D eigenvalue weighted by atomic mass is 10.3. The van der Waals surface area contributed by atoms with Crippen LogP contribution >= 0.6 is 0 Å². The zero-order valence-corrected chi connectivity index (χ0v) is 5.64. The van der Waals surface area contributed by atoms with Gasteiger partial charge >= 0.3 is 0 Å². The summed E-state index contributed by atoms with van der Waals surface area (Å²) in [5.74, 6) is 0. The number of hydrogen-bond donors (Lipinski definition) is 0. The molecule has 2 rings (SSSR count). The topological polar surface area (TPSA) is 51.8 Å². The summed E-state index contributed by atoms with van der Waals surface area (Å²) in [4.78, 5) is 4.06. The van der Waals surface area contributed by atoms with Gasteiger partial charge in [0, 0.05) is 11.5 Å². The first-order valence-electron chi connectivity index (χ1n) is 3.15. The van der Waals surface area contributed by atoms with Crippen molar-refractivity contribution in [3.63, 3.8) is 0 Å². The van der Waals surface area contributed by atoms with Crippen molar-refractivity contribution in [3.05, 3.63) is 30.7 Å². The highest BCUT2D eigenvalue weighted by molar-refractivity contribution is 5.50. The SMILES string of the molecule is c1ccc(-c2conn2)nc1. The molecule has 4 nitrogen and oxygen atoms in total. The average molecular weight is 147 g/mol. The summed E-state index contributed by atoms with van der Waals surface area (Å²) < 4.78 is 4.57. The van der Waals surface area contributed by atoms with Gasteiger partial charge < -0.3 is 4.52 Å². The molecule has 2 heterocycles. The molecule has 0 fully saturated rings. The fraction of sp³-hybridized carbons (Fsp3) is 0. The zero-order chi connectivity index (χ0) is 7.52. The van der Waals surface area contributed by atoms with Crippen molar-refractivity contribution < 1.29 is 4.52 Å². The van der Waals surface area contributed by atoms with E-state index in [1.807, 2.05) is 18.2 Å². The number of rotatable bonds is 1. The Morgan fingerprint density at radius 2 is 2.18 bits per heavy atom. The van der Waals surface area contributed by atoms with Crippen LogP contribution in [0.25, 0.3) is 11.4 Å². The Morgan fingerprint density at radius 3 is 2.82 bits per heavy atom. The third-order valence-corrected chi connectivity index (χ3v) is 1.29. The van der Waals surface area contributed by atoms with E-state index in [0.717, 1.165) is 5.69 Å². The Labute approximate surface area is 62.9 Å². The Morgan fingerprint density at radius 1 is 1.18 bits per heavy atom. The van der Waals surface area contributed by atoms with Crippen LogP contribution in [0, 0.1) is 0 Å². The van der Waals surface area contributed by atoms with Gasteiger partial charge in [0.15, 0.2) is 12.0 Å². The monoisotopic (exact) mass is 147 g/mol. The van der Waals surface area contributed by atoms with Crippen LogP contribution in [0.2, 0.25) is 0 Å². The first kappa shape index (κ1) is 6.03. The summed E-state index contributed by atoms with van der Waals surface area (Å²) in [5.41, 5.74) is 1.43. The Balaban J connectivity index is 2.46. The molecule has 0 spiro atoms. The Kier molecular flexibility index (Phi) is 1.37. The molecular formula is C7H5N3O. The van der Waals surface area contributed by atoms with Crippen LogP contribution in [0.15, 0.2) is 35.2 Å². The molecule has 0 aliphatic heterocycles. The predicted octanol–water partition coefficient (Wildman–Crippen LogP) is 1.13. The van der Waals surface area contributed by atoms with E-state index in [9.17, 15) is 0 Å². The molecule has 0 unspecified atom stereocenters. The third kappa shape index (κ3) is 1.10. The van der Waals surface area contributed by atoms with Crippen LogP contribution in [-0.2, 0) is 0 Å². The summed E-state index contributed by atoms with van der Waals surface area (Å²) in [6.45, 7) is 0. The van der Waals surface area contributed by atoms with Gasteiger partial charge in [0.05, 0.1) is 5.69 Å². The predicted molar refractivity (Wildman–Crippen MR) is 37.5 cm³/mol. The maximum Gasteiger partial charge on any atom is 0.153 e. The van der Waals surface area contributed by atoms with E-state index in [1.165, 1.54) is 6.26 Å². The van der Waals surface area contributed by atoms with Gasteiger partial charge in [-0.25, -0.2) is 0 Å². The van der Waals surface area contributed by atoms with Crippen LogP contribution in [0.4, 0.5) is 0 Å². The second kappa shape index (κ2) is 2.49. The van der Waals surface area contributed by atoms with Crippen molar-refractivity contribution in [2.45, 2.75) is 0 Å². The molecule has 54 valence electrons. The van der Waals surface area contributed by atoms with E-state index in [0.29, 0.717) is 5.69 Å². The van der Waals surface area contributed by atoms with Gasteiger partial charge in [-0.15, -0.1) is 5.10 Å². The Bertz CT molecular complexity index is 317. The van der Waals surface area contributed by atoms with Gasteiger partial charge in [-0.05, 0) is 12.1 Å². The first-order valence-corrected chi connectivity index (χ1v) is 3.15. The molecule has 2 aromatic heterocycles. The Hall–Kier alpha value is -1.71. The minimum atomic E-state index is 0.658. The lowest BCUT2D eigenvalue weighted by molar-refractivity contribution is 0.393. The number of hydrogen-bond acceptors (Lipinski definition) is 4. The van der Waals surface area contributed by atoms with Crippen LogP contribution in [0.5, 0.6) is 0 Å². The highest BCUT2D eigenvalue weighted by Gasteiger charge is 2.00. The van der Waals surface area contributed by atoms with E-state index >= 15 is 0 Å². The first-order chi connectivity index (χ1) is 5.47. The van der Waals surface area contributed by atoms with Crippen molar-refractivity contribution in [3.8, 4) is 11.4 Å². The third-order valence-electron chi connectivity index (χ3n) is 1.29. The molecule has 0 bridgehead atoms. The van der Waals surface area contributed by atoms with Crippen LogP contribution in [0.3, 0.4) is 0 Å². The fourth-order valence-electron chi connectivity index (χ4n) is 0.790.